The van der Waals surface area contributed by atoms with E-state index in [2.05, 4.69) is 0 Å². The third kappa shape index (κ3) is 4.20. The Kier molecular flexibility index (Phi) is 6.26. The number of benzene rings is 3. The van der Waals surface area contributed by atoms with Crippen molar-refractivity contribution in [1.82, 2.24) is 0 Å². The first-order valence-electron chi connectivity index (χ1n) is 10.9. The molecule has 3 aromatic carbocycles. The lowest BCUT2D eigenvalue weighted by Gasteiger charge is -2.30. The maximum absolute atomic E-state index is 15.0. The standard InChI is InChI=1S/C28H26FNO4/c1-17-13-23(22-10-6-9-21(16-30)26(22)29)27(33)28(17,2)34-24-14-19(18-7-4-3-5-8-18)11-12-20(24)15-25(31)32/h3-14,33H,15-16,30H2,1-2H3,(H,31,32). The third-order valence-corrected chi connectivity index (χ3v) is 6.24. The first-order valence-corrected chi connectivity index (χ1v) is 10.9. The van der Waals surface area contributed by atoms with Gasteiger partial charge < -0.3 is 20.7 Å². The van der Waals surface area contributed by atoms with Crippen molar-refractivity contribution in [3.63, 3.8) is 0 Å². The lowest BCUT2D eigenvalue weighted by Crippen LogP contribution is -2.34. The van der Waals surface area contributed by atoms with E-state index in [9.17, 15) is 19.4 Å². The number of aliphatic hydroxyl groups is 1. The molecule has 0 radical (unpaired) electrons. The first-order chi connectivity index (χ1) is 16.2. The van der Waals surface area contributed by atoms with Crippen LogP contribution in [-0.4, -0.2) is 21.8 Å². The Hall–Kier alpha value is -3.90. The van der Waals surface area contributed by atoms with Gasteiger partial charge in [0.15, 0.2) is 5.60 Å². The highest BCUT2D eigenvalue weighted by Gasteiger charge is 2.41. The highest BCUT2D eigenvalue weighted by Crippen LogP contribution is 2.43. The molecule has 3 aromatic rings. The highest BCUT2D eigenvalue weighted by atomic mass is 19.1. The molecule has 0 amide bonds. The molecule has 0 bridgehead atoms. The monoisotopic (exact) mass is 459 g/mol. The Morgan fingerprint density at radius 1 is 1.03 bits per heavy atom. The number of carbonyl (C=O) groups is 1. The van der Waals surface area contributed by atoms with E-state index in [1.807, 2.05) is 36.4 Å². The van der Waals surface area contributed by atoms with Gasteiger partial charge in [-0.1, -0.05) is 60.7 Å². The van der Waals surface area contributed by atoms with E-state index in [0.717, 1.165) is 11.1 Å². The quantitative estimate of drug-likeness (QED) is 0.425. The predicted octanol–water partition coefficient (Wildman–Crippen LogP) is 5.65. The van der Waals surface area contributed by atoms with Crippen LogP contribution in [-0.2, 0) is 17.8 Å². The average molecular weight is 460 g/mol. The van der Waals surface area contributed by atoms with Gasteiger partial charge in [0.05, 0.1) is 6.42 Å². The van der Waals surface area contributed by atoms with Crippen molar-refractivity contribution in [2.75, 3.05) is 0 Å². The molecule has 174 valence electrons. The van der Waals surface area contributed by atoms with Gasteiger partial charge in [0, 0.05) is 28.8 Å². The number of halogens is 1. The fourth-order valence-electron chi connectivity index (χ4n) is 4.13. The molecule has 0 saturated carbocycles. The van der Waals surface area contributed by atoms with Crippen molar-refractivity contribution in [2.24, 2.45) is 5.73 Å². The smallest absolute Gasteiger partial charge is 0.307 e. The van der Waals surface area contributed by atoms with E-state index in [-0.39, 0.29) is 24.3 Å². The van der Waals surface area contributed by atoms with Crippen LogP contribution in [0.15, 0.2) is 84.1 Å². The Bertz CT molecular complexity index is 1310. The van der Waals surface area contributed by atoms with Crippen LogP contribution in [0.4, 0.5) is 4.39 Å². The summed E-state index contributed by atoms with van der Waals surface area (Å²) < 4.78 is 21.3. The summed E-state index contributed by atoms with van der Waals surface area (Å²) in [7, 11) is 0. The van der Waals surface area contributed by atoms with E-state index in [1.165, 1.54) is 0 Å². The Morgan fingerprint density at radius 3 is 2.44 bits per heavy atom. The van der Waals surface area contributed by atoms with E-state index in [0.29, 0.717) is 28.0 Å². The van der Waals surface area contributed by atoms with Gasteiger partial charge >= 0.3 is 5.97 Å². The lowest BCUT2D eigenvalue weighted by molar-refractivity contribution is -0.136. The summed E-state index contributed by atoms with van der Waals surface area (Å²) in [6.45, 7) is 3.51. The van der Waals surface area contributed by atoms with Crippen LogP contribution in [0.5, 0.6) is 5.75 Å². The number of ether oxygens (including phenoxy) is 1. The molecule has 1 aliphatic rings. The van der Waals surface area contributed by atoms with Gasteiger partial charge in [-0.15, -0.1) is 0 Å². The van der Waals surface area contributed by atoms with Crippen LogP contribution in [0.25, 0.3) is 16.7 Å². The molecular weight excluding hydrogens is 433 g/mol. The van der Waals surface area contributed by atoms with Crippen molar-refractivity contribution in [3.8, 4) is 16.9 Å². The van der Waals surface area contributed by atoms with Gasteiger partial charge in [0.2, 0.25) is 0 Å². The van der Waals surface area contributed by atoms with Gasteiger partial charge in [-0.3, -0.25) is 4.79 Å². The van der Waals surface area contributed by atoms with E-state index in [4.69, 9.17) is 10.5 Å². The molecule has 6 heteroatoms. The minimum Gasteiger partial charge on any atom is -0.507 e. The summed E-state index contributed by atoms with van der Waals surface area (Å²) in [6.07, 6.45) is 1.44. The summed E-state index contributed by atoms with van der Waals surface area (Å²) in [5, 5.41) is 20.6. The van der Waals surface area contributed by atoms with Crippen molar-refractivity contribution in [2.45, 2.75) is 32.4 Å². The molecule has 0 aromatic heterocycles. The molecule has 0 spiro atoms. The number of rotatable bonds is 7. The summed E-state index contributed by atoms with van der Waals surface area (Å²) in [5.41, 5.74) is 8.15. The lowest BCUT2D eigenvalue weighted by atomic mass is 9.96. The molecule has 0 heterocycles. The first kappa shape index (κ1) is 23.3. The zero-order chi connectivity index (χ0) is 24.5. The summed E-state index contributed by atoms with van der Waals surface area (Å²) in [4.78, 5) is 11.5. The average Bonchev–Trinajstić information content (AvgIpc) is 3.04. The largest absolute Gasteiger partial charge is 0.507 e. The van der Waals surface area contributed by atoms with E-state index < -0.39 is 17.4 Å². The molecule has 0 fully saturated rings. The number of carboxylic acids is 1. The Morgan fingerprint density at radius 2 is 1.76 bits per heavy atom. The van der Waals surface area contributed by atoms with E-state index >= 15 is 0 Å². The molecule has 1 aliphatic carbocycles. The molecule has 0 saturated heterocycles. The number of hydrogen-bond acceptors (Lipinski definition) is 4. The van der Waals surface area contributed by atoms with Crippen LogP contribution in [0.3, 0.4) is 0 Å². The predicted molar refractivity (Wildman–Crippen MR) is 130 cm³/mol. The Labute approximate surface area is 197 Å². The van der Waals surface area contributed by atoms with Crippen molar-refractivity contribution in [1.29, 1.82) is 0 Å². The maximum atomic E-state index is 15.0. The van der Waals surface area contributed by atoms with Crippen LogP contribution in [0.1, 0.15) is 30.5 Å². The molecule has 5 nitrogen and oxygen atoms in total. The molecule has 4 N–H and O–H groups in total. The molecule has 34 heavy (non-hydrogen) atoms. The van der Waals surface area contributed by atoms with Gasteiger partial charge in [-0.05, 0) is 42.7 Å². The van der Waals surface area contributed by atoms with E-state index in [1.54, 1.807) is 50.3 Å². The number of carboxylic acid groups (broad SMARTS) is 1. The maximum Gasteiger partial charge on any atom is 0.307 e. The number of hydrogen-bond donors (Lipinski definition) is 3. The minimum absolute atomic E-state index is 0.0367. The summed E-state index contributed by atoms with van der Waals surface area (Å²) >= 11 is 0. The van der Waals surface area contributed by atoms with Gasteiger partial charge in [0.25, 0.3) is 0 Å². The summed E-state index contributed by atoms with van der Waals surface area (Å²) in [5.74, 6) is -1.30. The second-order valence-electron chi connectivity index (χ2n) is 8.47. The Balaban J connectivity index is 1.79. The zero-order valence-corrected chi connectivity index (χ0v) is 19.0. The minimum atomic E-state index is -1.30. The number of nitrogens with two attached hydrogens (primary N) is 1. The highest BCUT2D eigenvalue weighted by molar-refractivity contribution is 5.83. The number of allylic oxidation sites excluding steroid dienone is 2. The normalized spacial score (nSPS) is 17.6. The van der Waals surface area contributed by atoms with Crippen molar-refractivity contribution < 1.29 is 24.1 Å². The van der Waals surface area contributed by atoms with Crippen molar-refractivity contribution >= 4 is 11.5 Å². The second kappa shape index (κ2) is 9.15. The third-order valence-electron chi connectivity index (χ3n) is 6.24. The SMILES string of the molecule is CC1=CC(c2cccc(CN)c2F)=C(O)C1(C)Oc1cc(-c2ccccc2)ccc1CC(=O)O. The summed E-state index contributed by atoms with van der Waals surface area (Å²) in [6, 6.07) is 19.8. The molecule has 1 unspecified atom stereocenters. The molecular formula is C28H26FNO4. The zero-order valence-electron chi connectivity index (χ0n) is 19.0. The molecule has 0 aliphatic heterocycles. The van der Waals surface area contributed by atoms with Crippen LogP contribution < -0.4 is 10.5 Å². The van der Waals surface area contributed by atoms with Crippen LogP contribution >= 0.6 is 0 Å². The molecule has 4 rings (SSSR count). The topological polar surface area (TPSA) is 92.8 Å². The van der Waals surface area contributed by atoms with Crippen LogP contribution in [0, 0.1) is 5.82 Å². The fourth-order valence-corrected chi connectivity index (χ4v) is 4.13. The second-order valence-corrected chi connectivity index (χ2v) is 8.47. The number of aliphatic carboxylic acids is 1. The van der Waals surface area contributed by atoms with Gasteiger partial charge in [-0.2, -0.15) is 0 Å². The van der Waals surface area contributed by atoms with Crippen molar-refractivity contribution in [3.05, 3.63) is 107 Å². The van der Waals surface area contributed by atoms with Gasteiger partial charge in [-0.25, -0.2) is 4.39 Å². The molecule has 1 atom stereocenters. The number of aliphatic hydroxyl groups excluding tert-OH is 1. The van der Waals surface area contributed by atoms with Gasteiger partial charge in [0.1, 0.15) is 17.3 Å². The fraction of sp³-hybridized carbons (Fsp3) is 0.179. The van der Waals surface area contributed by atoms with Crippen LogP contribution in [0.2, 0.25) is 0 Å².